The van der Waals surface area contributed by atoms with Crippen LogP contribution in [0.3, 0.4) is 0 Å². The van der Waals surface area contributed by atoms with Crippen molar-refractivity contribution in [3.8, 4) is 0 Å². The largest absolute Gasteiger partial charge is 0.379 e. The van der Waals surface area contributed by atoms with E-state index in [1.54, 1.807) is 4.90 Å². The first-order chi connectivity index (χ1) is 7.74. The molecule has 2 heterocycles. The first kappa shape index (κ1) is 11.4. The second-order valence-corrected chi connectivity index (χ2v) is 4.31. The summed E-state index contributed by atoms with van der Waals surface area (Å²) in [6, 6.07) is -0.231. The molecule has 2 amide bonds. The fourth-order valence-electron chi connectivity index (χ4n) is 2.46. The van der Waals surface area contributed by atoms with Gasteiger partial charge in [-0.15, -0.1) is 0 Å². The molecule has 0 bridgehead atoms. The fraction of sp³-hybridized carbons (Fsp3) is 0.818. The van der Waals surface area contributed by atoms with Crippen LogP contribution in [0.25, 0.3) is 0 Å². The van der Waals surface area contributed by atoms with Crippen LogP contribution >= 0.6 is 0 Å². The summed E-state index contributed by atoms with van der Waals surface area (Å²) < 4.78 is 5.39. The SMILES string of the molecule is CCC1C(=O)NCC(=O)N1C1CCCOC1. The number of hydrogen-bond acceptors (Lipinski definition) is 3. The number of piperazine rings is 1. The van der Waals surface area contributed by atoms with Crippen molar-refractivity contribution in [1.82, 2.24) is 10.2 Å². The first-order valence-corrected chi connectivity index (χ1v) is 5.90. The van der Waals surface area contributed by atoms with Crippen molar-refractivity contribution < 1.29 is 14.3 Å². The van der Waals surface area contributed by atoms with E-state index in [1.807, 2.05) is 6.92 Å². The zero-order valence-electron chi connectivity index (χ0n) is 9.57. The molecule has 16 heavy (non-hydrogen) atoms. The van der Waals surface area contributed by atoms with Gasteiger partial charge in [0.15, 0.2) is 0 Å². The first-order valence-electron chi connectivity index (χ1n) is 5.90. The molecule has 0 saturated carbocycles. The normalized spacial score (nSPS) is 31.4. The molecule has 2 rings (SSSR count). The number of carbonyl (C=O) groups is 2. The average Bonchev–Trinajstić information content (AvgIpc) is 2.33. The van der Waals surface area contributed by atoms with Crippen LogP contribution < -0.4 is 5.32 Å². The third-order valence-electron chi connectivity index (χ3n) is 3.26. The van der Waals surface area contributed by atoms with Crippen molar-refractivity contribution in [2.24, 2.45) is 0 Å². The van der Waals surface area contributed by atoms with E-state index in [-0.39, 0.29) is 30.4 Å². The Morgan fingerprint density at radius 1 is 1.50 bits per heavy atom. The Labute approximate surface area is 95.1 Å². The molecule has 1 N–H and O–H groups in total. The lowest BCUT2D eigenvalue weighted by molar-refractivity contribution is -0.151. The van der Waals surface area contributed by atoms with Crippen LogP contribution in [0.2, 0.25) is 0 Å². The summed E-state index contributed by atoms with van der Waals surface area (Å²) in [6.07, 6.45) is 2.57. The number of carbonyl (C=O) groups excluding carboxylic acids is 2. The Morgan fingerprint density at radius 2 is 2.31 bits per heavy atom. The molecule has 0 aromatic heterocycles. The fourth-order valence-corrected chi connectivity index (χ4v) is 2.46. The Hall–Kier alpha value is -1.10. The van der Waals surface area contributed by atoms with Gasteiger partial charge < -0.3 is 15.0 Å². The van der Waals surface area contributed by atoms with Crippen LogP contribution in [-0.4, -0.2) is 48.6 Å². The van der Waals surface area contributed by atoms with Gasteiger partial charge in [-0.05, 0) is 19.3 Å². The van der Waals surface area contributed by atoms with E-state index in [4.69, 9.17) is 4.74 Å². The minimum Gasteiger partial charge on any atom is -0.379 e. The second kappa shape index (κ2) is 4.82. The molecule has 5 nitrogen and oxygen atoms in total. The van der Waals surface area contributed by atoms with Gasteiger partial charge >= 0.3 is 0 Å². The number of nitrogens with one attached hydrogen (secondary N) is 1. The van der Waals surface area contributed by atoms with Gasteiger partial charge in [0.1, 0.15) is 6.04 Å². The van der Waals surface area contributed by atoms with Crippen LogP contribution in [0.4, 0.5) is 0 Å². The quantitative estimate of drug-likeness (QED) is 0.715. The van der Waals surface area contributed by atoms with Gasteiger partial charge in [0, 0.05) is 6.61 Å². The van der Waals surface area contributed by atoms with E-state index in [2.05, 4.69) is 5.32 Å². The Kier molecular flexibility index (Phi) is 3.43. The van der Waals surface area contributed by atoms with Crippen LogP contribution in [-0.2, 0) is 14.3 Å². The van der Waals surface area contributed by atoms with Gasteiger partial charge in [-0.25, -0.2) is 0 Å². The van der Waals surface area contributed by atoms with Crippen molar-refractivity contribution in [3.05, 3.63) is 0 Å². The molecule has 0 aromatic carbocycles. The van der Waals surface area contributed by atoms with E-state index < -0.39 is 0 Å². The highest BCUT2D eigenvalue weighted by molar-refractivity contribution is 5.94. The highest BCUT2D eigenvalue weighted by atomic mass is 16.5. The minimum absolute atomic E-state index is 0.0157. The number of ether oxygens (including phenoxy) is 1. The third kappa shape index (κ3) is 2.04. The molecule has 90 valence electrons. The lowest BCUT2D eigenvalue weighted by Crippen LogP contribution is -2.62. The monoisotopic (exact) mass is 226 g/mol. The van der Waals surface area contributed by atoms with E-state index in [9.17, 15) is 9.59 Å². The molecule has 2 atom stereocenters. The summed E-state index contributed by atoms with van der Waals surface area (Å²) in [5.41, 5.74) is 0. The summed E-state index contributed by atoms with van der Waals surface area (Å²) in [5.74, 6) is -0.0189. The standard InChI is InChI=1S/C11H18N2O3/c1-2-9-11(15)12-6-10(14)13(9)8-4-3-5-16-7-8/h8-9H,2-7H2,1H3,(H,12,15). The van der Waals surface area contributed by atoms with E-state index in [1.165, 1.54) is 0 Å². The van der Waals surface area contributed by atoms with Gasteiger partial charge in [0.25, 0.3) is 0 Å². The molecule has 0 aromatic rings. The number of nitrogens with zero attached hydrogens (tertiary/aromatic N) is 1. The maximum Gasteiger partial charge on any atom is 0.243 e. The van der Waals surface area contributed by atoms with Crippen LogP contribution in [0.5, 0.6) is 0 Å². The van der Waals surface area contributed by atoms with Gasteiger partial charge in [-0.3, -0.25) is 9.59 Å². The van der Waals surface area contributed by atoms with Crippen molar-refractivity contribution in [2.45, 2.75) is 38.3 Å². The van der Waals surface area contributed by atoms with Crippen LogP contribution in [0, 0.1) is 0 Å². The van der Waals surface area contributed by atoms with Crippen LogP contribution in [0.1, 0.15) is 26.2 Å². The van der Waals surface area contributed by atoms with Gasteiger partial charge in [-0.2, -0.15) is 0 Å². The van der Waals surface area contributed by atoms with Crippen LogP contribution in [0.15, 0.2) is 0 Å². The molecule has 0 aliphatic carbocycles. The Morgan fingerprint density at radius 3 is 2.94 bits per heavy atom. The van der Waals surface area contributed by atoms with Crippen molar-refractivity contribution in [3.63, 3.8) is 0 Å². The maximum absolute atomic E-state index is 11.9. The summed E-state index contributed by atoms with van der Waals surface area (Å²) in [7, 11) is 0. The smallest absolute Gasteiger partial charge is 0.243 e. The van der Waals surface area contributed by atoms with Gasteiger partial charge in [0.05, 0.1) is 19.2 Å². The highest BCUT2D eigenvalue weighted by Crippen LogP contribution is 2.20. The third-order valence-corrected chi connectivity index (χ3v) is 3.26. The van der Waals surface area contributed by atoms with E-state index in [0.717, 1.165) is 19.4 Å². The molecule has 2 aliphatic heterocycles. The zero-order chi connectivity index (χ0) is 11.5. The Balaban J connectivity index is 2.13. The maximum atomic E-state index is 11.9. The number of rotatable bonds is 2. The highest BCUT2D eigenvalue weighted by Gasteiger charge is 2.38. The molecule has 0 radical (unpaired) electrons. The summed E-state index contributed by atoms with van der Waals surface area (Å²) in [6.45, 7) is 3.39. The van der Waals surface area contributed by atoms with E-state index >= 15 is 0 Å². The van der Waals surface area contributed by atoms with Crippen molar-refractivity contribution in [1.29, 1.82) is 0 Å². The molecule has 5 heteroatoms. The molecule has 2 aliphatic rings. The lowest BCUT2D eigenvalue weighted by atomic mass is 10.0. The molecular weight excluding hydrogens is 208 g/mol. The lowest BCUT2D eigenvalue weighted by Gasteiger charge is -2.41. The van der Waals surface area contributed by atoms with Gasteiger partial charge in [0.2, 0.25) is 11.8 Å². The zero-order valence-corrected chi connectivity index (χ0v) is 9.57. The Bertz CT molecular complexity index is 287. The molecule has 2 fully saturated rings. The molecule has 2 saturated heterocycles. The summed E-state index contributed by atoms with van der Waals surface area (Å²) >= 11 is 0. The van der Waals surface area contributed by atoms with E-state index in [0.29, 0.717) is 13.0 Å². The molecular formula is C11H18N2O3. The van der Waals surface area contributed by atoms with Gasteiger partial charge in [-0.1, -0.05) is 6.92 Å². The van der Waals surface area contributed by atoms with Crippen molar-refractivity contribution in [2.75, 3.05) is 19.8 Å². The second-order valence-electron chi connectivity index (χ2n) is 4.31. The average molecular weight is 226 g/mol. The minimum atomic E-state index is -0.312. The van der Waals surface area contributed by atoms with Crippen molar-refractivity contribution >= 4 is 11.8 Å². The molecule has 0 spiro atoms. The summed E-state index contributed by atoms with van der Waals surface area (Å²) in [4.78, 5) is 25.3. The predicted octanol–water partition coefficient (Wildman–Crippen LogP) is -0.0976. The number of amides is 2. The number of hydrogen-bond donors (Lipinski definition) is 1. The predicted molar refractivity (Wildman–Crippen MR) is 57.8 cm³/mol. The molecule has 2 unspecified atom stereocenters. The summed E-state index contributed by atoms with van der Waals surface area (Å²) in [5, 5.41) is 2.63. The topological polar surface area (TPSA) is 58.6 Å².